The average molecular weight is 253 g/mol. The van der Waals surface area contributed by atoms with Gasteiger partial charge in [0.25, 0.3) is 0 Å². The molecule has 0 saturated heterocycles. The summed E-state index contributed by atoms with van der Waals surface area (Å²) in [5.74, 6) is 0.801. The second kappa shape index (κ2) is 4.69. The zero-order valence-electron chi connectivity index (χ0n) is 10.3. The van der Waals surface area contributed by atoms with Crippen molar-refractivity contribution in [3.63, 3.8) is 0 Å². The lowest BCUT2D eigenvalue weighted by Crippen LogP contribution is -2.05. The van der Waals surface area contributed by atoms with E-state index in [1.165, 1.54) is 25.5 Å². The molecular formula is C13H19NO2S. The third kappa shape index (κ3) is 3.22. The molecule has 1 fully saturated rings. The maximum Gasteiger partial charge on any atom is 0.175 e. The second-order valence-corrected chi connectivity index (χ2v) is 6.85. The lowest BCUT2D eigenvalue weighted by Gasteiger charge is -2.06. The highest BCUT2D eigenvalue weighted by Crippen LogP contribution is 2.37. The van der Waals surface area contributed by atoms with Crippen LogP contribution in [0, 0.1) is 5.92 Å². The van der Waals surface area contributed by atoms with Gasteiger partial charge in [-0.1, -0.05) is 13.3 Å². The summed E-state index contributed by atoms with van der Waals surface area (Å²) in [6.45, 7) is 2.20. The van der Waals surface area contributed by atoms with Crippen LogP contribution >= 0.6 is 0 Å². The first-order chi connectivity index (χ1) is 8.00. The van der Waals surface area contributed by atoms with Gasteiger partial charge in [0.15, 0.2) is 9.84 Å². The largest absolute Gasteiger partial charge is 0.382 e. The minimum absolute atomic E-state index is 0.379. The molecule has 0 bridgehead atoms. The number of nitrogens with one attached hydrogen (secondary N) is 1. The first-order valence-electron chi connectivity index (χ1n) is 6.07. The second-order valence-electron chi connectivity index (χ2n) is 4.83. The monoisotopic (exact) mass is 253 g/mol. The van der Waals surface area contributed by atoms with Crippen LogP contribution in [0.4, 0.5) is 5.69 Å². The molecule has 0 heterocycles. The summed E-state index contributed by atoms with van der Waals surface area (Å²) >= 11 is 0. The van der Waals surface area contributed by atoms with Crippen molar-refractivity contribution in [2.24, 2.45) is 5.92 Å². The Labute approximate surface area is 103 Å². The summed E-state index contributed by atoms with van der Waals surface area (Å²) in [7, 11) is -3.08. The number of hydrogen-bond donors (Lipinski definition) is 1. The van der Waals surface area contributed by atoms with Crippen molar-refractivity contribution >= 4 is 15.5 Å². The van der Waals surface area contributed by atoms with Crippen LogP contribution in [0.2, 0.25) is 0 Å². The van der Waals surface area contributed by atoms with Crippen molar-refractivity contribution in [3.8, 4) is 0 Å². The highest BCUT2D eigenvalue weighted by Gasteiger charge is 2.35. The van der Waals surface area contributed by atoms with Crippen molar-refractivity contribution < 1.29 is 8.42 Å². The molecule has 1 aliphatic carbocycles. The third-order valence-electron chi connectivity index (χ3n) is 3.22. The predicted molar refractivity (Wildman–Crippen MR) is 70.0 cm³/mol. The third-order valence-corrected chi connectivity index (χ3v) is 4.35. The molecule has 0 aromatic heterocycles. The van der Waals surface area contributed by atoms with Gasteiger partial charge >= 0.3 is 0 Å². The topological polar surface area (TPSA) is 46.2 Å². The van der Waals surface area contributed by atoms with E-state index < -0.39 is 9.84 Å². The van der Waals surface area contributed by atoms with Gasteiger partial charge in [0.1, 0.15) is 0 Å². The first-order valence-corrected chi connectivity index (χ1v) is 7.96. The first kappa shape index (κ1) is 12.4. The maximum atomic E-state index is 11.3. The highest BCUT2D eigenvalue weighted by molar-refractivity contribution is 7.90. The van der Waals surface area contributed by atoms with E-state index in [2.05, 4.69) is 12.2 Å². The SMILES string of the molecule is CCCC1CC1Nc1ccc(S(C)(=O)=O)cc1. The lowest BCUT2D eigenvalue weighted by atomic mass is 10.2. The predicted octanol–water partition coefficient (Wildman–Crippen LogP) is 2.69. The average Bonchev–Trinajstić information content (AvgIpc) is 2.96. The van der Waals surface area contributed by atoms with Gasteiger partial charge < -0.3 is 5.32 Å². The van der Waals surface area contributed by atoms with Crippen LogP contribution in [0.25, 0.3) is 0 Å². The van der Waals surface area contributed by atoms with Crippen molar-refractivity contribution in [2.75, 3.05) is 11.6 Å². The summed E-state index contributed by atoms with van der Waals surface area (Å²) in [5, 5.41) is 3.43. The van der Waals surface area contributed by atoms with E-state index in [0.717, 1.165) is 11.6 Å². The van der Waals surface area contributed by atoms with Crippen molar-refractivity contribution in [2.45, 2.75) is 37.1 Å². The number of hydrogen-bond acceptors (Lipinski definition) is 3. The van der Waals surface area contributed by atoms with E-state index in [1.807, 2.05) is 12.1 Å². The van der Waals surface area contributed by atoms with Gasteiger partial charge in [-0.25, -0.2) is 8.42 Å². The Balaban J connectivity index is 1.96. The van der Waals surface area contributed by atoms with Gasteiger partial charge in [0.2, 0.25) is 0 Å². The molecule has 3 nitrogen and oxygen atoms in total. The Kier molecular flexibility index (Phi) is 3.43. The van der Waals surface area contributed by atoms with Crippen LogP contribution in [-0.2, 0) is 9.84 Å². The van der Waals surface area contributed by atoms with Gasteiger partial charge in [-0.2, -0.15) is 0 Å². The standard InChI is InChI=1S/C13H19NO2S/c1-3-4-10-9-13(10)14-11-5-7-12(8-6-11)17(2,15)16/h5-8,10,13-14H,3-4,9H2,1-2H3. The Morgan fingerprint density at radius 1 is 1.29 bits per heavy atom. The Morgan fingerprint density at radius 3 is 2.47 bits per heavy atom. The number of sulfone groups is 1. The molecule has 2 unspecified atom stereocenters. The van der Waals surface area contributed by atoms with Crippen molar-refractivity contribution in [3.05, 3.63) is 24.3 Å². The summed E-state index contributed by atoms with van der Waals surface area (Å²) in [5.41, 5.74) is 1.01. The molecule has 2 atom stereocenters. The number of benzene rings is 1. The van der Waals surface area contributed by atoms with E-state index in [9.17, 15) is 8.42 Å². The normalized spacial score (nSPS) is 23.4. The lowest BCUT2D eigenvalue weighted by molar-refractivity contribution is 0.602. The molecule has 94 valence electrons. The summed E-state index contributed by atoms with van der Waals surface area (Å²) in [6.07, 6.45) is 4.98. The van der Waals surface area contributed by atoms with Crippen molar-refractivity contribution in [1.29, 1.82) is 0 Å². The molecule has 1 aromatic carbocycles. The quantitative estimate of drug-likeness (QED) is 0.877. The summed E-state index contributed by atoms with van der Waals surface area (Å²) in [4.78, 5) is 0.379. The van der Waals surface area contributed by atoms with Crippen LogP contribution in [0.3, 0.4) is 0 Å². The van der Waals surface area contributed by atoms with Crippen molar-refractivity contribution in [1.82, 2.24) is 0 Å². The fourth-order valence-corrected chi connectivity index (χ4v) is 2.76. The van der Waals surface area contributed by atoms with Gasteiger partial charge in [0, 0.05) is 18.0 Å². The van der Waals surface area contributed by atoms with Crippen LogP contribution < -0.4 is 5.32 Å². The maximum absolute atomic E-state index is 11.3. The van der Waals surface area contributed by atoms with Crippen LogP contribution in [-0.4, -0.2) is 20.7 Å². The zero-order valence-corrected chi connectivity index (χ0v) is 11.1. The molecule has 2 rings (SSSR count). The van der Waals surface area contributed by atoms with E-state index in [0.29, 0.717) is 10.9 Å². The van der Waals surface area contributed by atoms with Gasteiger partial charge in [-0.05, 0) is 43.0 Å². The molecule has 1 saturated carbocycles. The minimum Gasteiger partial charge on any atom is -0.382 e. The molecule has 1 aliphatic rings. The van der Waals surface area contributed by atoms with E-state index >= 15 is 0 Å². The number of anilines is 1. The number of rotatable bonds is 5. The van der Waals surface area contributed by atoms with E-state index in [4.69, 9.17) is 0 Å². The van der Waals surface area contributed by atoms with Gasteiger partial charge in [-0.3, -0.25) is 0 Å². The van der Waals surface area contributed by atoms with Crippen LogP contribution in [0.5, 0.6) is 0 Å². The molecular weight excluding hydrogens is 234 g/mol. The molecule has 0 radical (unpaired) electrons. The summed E-state index contributed by atoms with van der Waals surface area (Å²) < 4.78 is 22.6. The van der Waals surface area contributed by atoms with Gasteiger partial charge in [0.05, 0.1) is 4.90 Å². The Bertz CT molecular complexity index is 479. The fraction of sp³-hybridized carbons (Fsp3) is 0.538. The Hall–Kier alpha value is -1.03. The molecule has 0 amide bonds. The van der Waals surface area contributed by atoms with Crippen LogP contribution in [0.15, 0.2) is 29.2 Å². The van der Waals surface area contributed by atoms with Gasteiger partial charge in [-0.15, -0.1) is 0 Å². The van der Waals surface area contributed by atoms with E-state index in [1.54, 1.807) is 12.1 Å². The molecule has 1 N–H and O–H groups in total. The summed E-state index contributed by atoms with van der Waals surface area (Å²) in [6, 6.07) is 7.60. The molecule has 1 aromatic rings. The zero-order chi connectivity index (χ0) is 12.5. The Morgan fingerprint density at radius 2 is 1.94 bits per heavy atom. The molecule has 4 heteroatoms. The molecule has 0 aliphatic heterocycles. The molecule has 17 heavy (non-hydrogen) atoms. The fourth-order valence-electron chi connectivity index (χ4n) is 2.13. The van der Waals surface area contributed by atoms with E-state index in [-0.39, 0.29) is 0 Å². The smallest absolute Gasteiger partial charge is 0.175 e. The molecule has 0 spiro atoms. The minimum atomic E-state index is -3.08. The van der Waals surface area contributed by atoms with Crippen LogP contribution in [0.1, 0.15) is 26.2 Å². The highest BCUT2D eigenvalue weighted by atomic mass is 32.2.